The van der Waals surface area contributed by atoms with Crippen molar-refractivity contribution in [2.24, 2.45) is 0 Å². The minimum absolute atomic E-state index is 0.0866. The lowest BCUT2D eigenvalue weighted by Crippen LogP contribution is -2.47. The van der Waals surface area contributed by atoms with E-state index in [-0.39, 0.29) is 36.3 Å². The van der Waals surface area contributed by atoms with E-state index in [1.807, 2.05) is 30.5 Å². The van der Waals surface area contributed by atoms with Crippen molar-refractivity contribution < 1.29 is 23.8 Å². The third-order valence-electron chi connectivity index (χ3n) is 8.67. The molecule has 13 nitrogen and oxygen atoms in total. The van der Waals surface area contributed by atoms with Gasteiger partial charge in [0.05, 0.1) is 19.7 Å². The maximum Gasteiger partial charge on any atom is 0.416 e. The van der Waals surface area contributed by atoms with E-state index >= 15 is 0 Å². The van der Waals surface area contributed by atoms with E-state index in [2.05, 4.69) is 15.3 Å². The van der Waals surface area contributed by atoms with Gasteiger partial charge in [-0.05, 0) is 55.0 Å². The molecule has 1 N–H and O–H groups in total. The molecule has 1 saturated carbocycles. The van der Waals surface area contributed by atoms with E-state index in [0.29, 0.717) is 60.7 Å². The molecule has 2 aliphatic heterocycles. The Morgan fingerprint density at radius 2 is 1.89 bits per heavy atom. The number of rotatable bonds is 9. The largest absolute Gasteiger partial charge is 0.497 e. The number of nitrogens with zero attached hydrogens (tertiary/aromatic N) is 6. The number of methoxy groups -OCH3 is 1. The van der Waals surface area contributed by atoms with Crippen LogP contribution in [-0.4, -0.2) is 76.2 Å². The summed E-state index contributed by atoms with van der Waals surface area (Å²) in [5.41, 5.74) is 1.41. The summed E-state index contributed by atoms with van der Waals surface area (Å²) in [6.07, 6.45) is 5.01. The number of pyridine rings is 2. The summed E-state index contributed by atoms with van der Waals surface area (Å²) in [6.45, 7) is 1.22. The van der Waals surface area contributed by atoms with Gasteiger partial charge in [0.25, 0.3) is 11.5 Å². The molecule has 4 aromatic rings. The molecule has 1 saturated heterocycles. The number of nitrogens with one attached hydrogen (secondary N) is 1. The summed E-state index contributed by atoms with van der Waals surface area (Å²) >= 11 is 1.43. The van der Waals surface area contributed by atoms with Gasteiger partial charge in [-0.25, -0.2) is 19.7 Å². The number of amides is 2. The molecule has 1 aliphatic carbocycles. The number of carbonyl (C=O) groups excluding carboxylic acids is 2. The Morgan fingerprint density at radius 3 is 2.70 bits per heavy atom. The van der Waals surface area contributed by atoms with E-state index in [0.717, 1.165) is 23.1 Å². The van der Waals surface area contributed by atoms with Crippen molar-refractivity contribution in [1.82, 2.24) is 24.8 Å². The Balaban J connectivity index is 1.03. The maximum atomic E-state index is 13.2. The molecule has 3 aromatic heterocycles. The fraction of sp³-hybridized carbons (Fsp3) is 0.375. The van der Waals surface area contributed by atoms with Gasteiger partial charge in [-0.15, -0.1) is 0 Å². The zero-order chi connectivity index (χ0) is 31.8. The molecule has 0 spiro atoms. The Kier molecular flexibility index (Phi) is 8.21. The second-order valence-electron chi connectivity index (χ2n) is 11.4. The van der Waals surface area contributed by atoms with E-state index in [4.69, 9.17) is 19.2 Å². The number of ether oxygens (including phenoxy) is 3. The zero-order valence-electron chi connectivity index (χ0n) is 25.4. The summed E-state index contributed by atoms with van der Waals surface area (Å²) in [6, 6.07) is 14.2. The lowest BCUT2D eigenvalue weighted by atomic mass is 9.88. The third kappa shape index (κ3) is 5.73. The van der Waals surface area contributed by atoms with Crippen LogP contribution < -0.4 is 30.1 Å². The van der Waals surface area contributed by atoms with Crippen LogP contribution in [0.25, 0.3) is 11.0 Å². The van der Waals surface area contributed by atoms with Crippen LogP contribution in [0.1, 0.15) is 24.8 Å². The van der Waals surface area contributed by atoms with Crippen molar-refractivity contribution in [3.63, 3.8) is 0 Å². The zero-order valence-corrected chi connectivity index (χ0v) is 26.2. The first kappa shape index (κ1) is 30.0. The van der Waals surface area contributed by atoms with Gasteiger partial charge in [0.1, 0.15) is 23.3 Å². The fourth-order valence-corrected chi connectivity index (χ4v) is 6.67. The number of hydrogen-bond acceptors (Lipinski definition) is 11. The summed E-state index contributed by atoms with van der Waals surface area (Å²) in [7, 11) is 1.60. The molecule has 0 radical (unpaired) electrons. The minimum atomic E-state index is -0.459. The van der Waals surface area contributed by atoms with Crippen LogP contribution in [0.3, 0.4) is 0 Å². The number of benzene rings is 1. The van der Waals surface area contributed by atoms with E-state index < -0.39 is 6.09 Å². The van der Waals surface area contributed by atoms with Crippen LogP contribution in [0.4, 0.5) is 16.4 Å². The van der Waals surface area contributed by atoms with Crippen molar-refractivity contribution in [3.05, 3.63) is 70.6 Å². The second kappa shape index (κ2) is 12.6. The van der Waals surface area contributed by atoms with Gasteiger partial charge in [-0.1, -0.05) is 23.9 Å². The molecule has 7 rings (SSSR count). The molecule has 3 atom stereocenters. The van der Waals surface area contributed by atoms with Gasteiger partial charge in [-0.2, -0.15) is 0 Å². The molecule has 14 heteroatoms. The Labute approximate surface area is 268 Å². The quantitative estimate of drug-likeness (QED) is 0.212. The topological polar surface area (TPSA) is 141 Å². The average Bonchev–Trinajstić information content (AvgIpc) is 3.41. The van der Waals surface area contributed by atoms with Crippen LogP contribution in [0.5, 0.6) is 11.5 Å². The monoisotopic (exact) mass is 643 g/mol. The summed E-state index contributed by atoms with van der Waals surface area (Å²) < 4.78 is 18.4. The van der Waals surface area contributed by atoms with Gasteiger partial charge in [0.2, 0.25) is 0 Å². The highest BCUT2D eigenvalue weighted by Gasteiger charge is 2.47. The van der Waals surface area contributed by atoms with Crippen LogP contribution >= 0.6 is 11.8 Å². The molecule has 5 heterocycles. The van der Waals surface area contributed by atoms with E-state index in [1.165, 1.54) is 17.8 Å². The third-order valence-corrected chi connectivity index (χ3v) is 9.23. The van der Waals surface area contributed by atoms with Gasteiger partial charge in [-0.3, -0.25) is 24.0 Å². The molecule has 3 aliphatic rings. The Hall–Kier alpha value is -4.69. The molecule has 46 heavy (non-hydrogen) atoms. The molecule has 238 valence electrons. The highest BCUT2D eigenvalue weighted by Crippen LogP contribution is 2.39. The number of aromatic nitrogens is 4. The summed E-state index contributed by atoms with van der Waals surface area (Å²) in [5.74, 6) is 1.78. The molecule has 0 bridgehead atoms. The fourth-order valence-electron chi connectivity index (χ4n) is 6.33. The van der Waals surface area contributed by atoms with Gasteiger partial charge < -0.3 is 19.5 Å². The summed E-state index contributed by atoms with van der Waals surface area (Å²) in [5, 5.41) is 4.98. The van der Waals surface area contributed by atoms with Crippen molar-refractivity contribution in [3.8, 4) is 11.5 Å². The van der Waals surface area contributed by atoms with E-state index in [9.17, 15) is 14.4 Å². The normalized spacial score (nSPS) is 20.7. The van der Waals surface area contributed by atoms with E-state index in [1.54, 1.807) is 45.9 Å². The Morgan fingerprint density at radius 1 is 1.04 bits per heavy atom. The molecular formula is C32H33N7O6S. The van der Waals surface area contributed by atoms with Crippen molar-refractivity contribution >= 4 is 46.4 Å². The van der Waals surface area contributed by atoms with Crippen LogP contribution in [0.15, 0.2) is 64.7 Å². The first-order valence-electron chi connectivity index (χ1n) is 15.1. The average molecular weight is 644 g/mol. The second-order valence-corrected chi connectivity index (χ2v) is 12.2. The maximum absolute atomic E-state index is 13.2. The van der Waals surface area contributed by atoms with Gasteiger partial charge >= 0.3 is 6.09 Å². The van der Waals surface area contributed by atoms with Gasteiger partial charge in [0, 0.05) is 43.2 Å². The predicted octanol–water partition coefficient (Wildman–Crippen LogP) is 3.38. The predicted molar refractivity (Wildman–Crippen MR) is 172 cm³/mol. The highest BCUT2D eigenvalue weighted by atomic mass is 32.2. The standard InChI is InChI=1S/C32H33N7O6S/c1-43-22-7-3-19(4-8-22)17-38-28(41)18-44-24-10-11-26(35-30(24)38)39-23-9-6-21(15-25(23)45-32(39)42)33-13-14-37-27(40)12-5-20-16-34-31(46-2)36-29(20)37/h3-5,7-8,10-12,16,21,23,25,33H,6,9,13-15,17-18H2,1-2H3/t21-,23-,25+/m0/s1. The van der Waals surface area contributed by atoms with Gasteiger partial charge in [0.15, 0.2) is 23.3 Å². The molecular weight excluding hydrogens is 610 g/mol. The first-order chi connectivity index (χ1) is 22.4. The smallest absolute Gasteiger partial charge is 0.416 e. The highest BCUT2D eigenvalue weighted by molar-refractivity contribution is 7.98. The lowest BCUT2D eigenvalue weighted by molar-refractivity contribution is -0.121. The molecule has 2 amide bonds. The number of anilines is 2. The van der Waals surface area contributed by atoms with Crippen LogP contribution in [-0.2, 0) is 22.6 Å². The number of thioether (sulfide) groups is 1. The summed E-state index contributed by atoms with van der Waals surface area (Å²) in [4.78, 5) is 55.6. The van der Waals surface area contributed by atoms with Crippen molar-refractivity contribution in [1.29, 1.82) is 0 Å². The SMILES string of the molecule is COc1ccc(CN2C(=O)COc3ccc(N4C(=O)O[C@@H]5C[C@@H](NCCn6c(=O)ccc7cnc(SC)nc76)CC[C@@H]54)nc32)cc1. The lowest BCUT2D eigenvalue weighted by Gasteiger charge is -2.34. The number of fused-ring (bicyclic) bond motifs is 3. The van der Waals surface area contributed by atoms with Crippen LogP contribution in [0.2, 0.25) is 0 Å². The number of carbonyl (C=O) groups is 2. The Bertz CT molecular complexity index is 1850. The minimum Gasteiger partial charge on any atom is -0.497 e. The number of hydrogen-bond donors (Lipinski definition) is 1. The van der Waals surface area contributed by atoms with Crippen LogP contribution in [0, 0.1) is 0 Å². The molecule has 0 unspecified atom stereocenters. The molecule has 1 aromatic carbocycles. The molecule has 2 fully saturated rings. The first-order valence-corrected chi connectivity index (χ1v) is 16.4. The van der Waals surface area contributed by atoms with Crippen molar-refractivity contribution in [2.75, 3.05) is 36.3 Å². The van der Waals surface area contributed by atoms with Crippen molar-refractivity contribution in [2.45, 2.75) is 55.7 Å².